The van der Waals surface area contributed by atoms with Gasteiger partial charge in [0.2, 0.25) is 0 Å². The van der Waals surface area contributed by atoms with Crippen LogP contribution in [0.1, 0.15) is 52.0 Å². The molecule has 1 aliphatic heterocycles. The summed E-state index contributed by atoms with van der Waals surface area (Å²) in [5.74, 6) is 0.454. The van der Waals surface area contributed by atoms with Gasteiger partial charge in [0.05, 0.1) is 18.0 Å². The number of hydrogen-bond acceptors (Lipinski definition) is 3. The van der Waals surface area contributed by atoms with Gasteiger partial charge in [-0.25, -0.2) is 4.98 Å². The topological polar surface area (TPSA) is 62.1 Å². The minimum absolute atomic E-state index is 0.147. The van der Waals surface area contributed by atoms with Crippen molar-refractivity contribution in [1.82, 2.24) is 14.9 Å². The summed E-state index contributed by atoms with van der Waals surface area (Å²) in [6.07, 6.45) is -0.695. The molecule has 1 N–H and O–H groups in total. The summed E-state index contributed by atoms with van der Waals surface area (Å²) in [6, 6.07) is 0. The zero-order valence-electron chi connectivity index (χ0n) is 13.4. The van der Waals surface area contributed by atoms with Gasteiger partial charge in [0, 0.05) is 24.6 Å². The molecule has 0 radical (unpaired) electrons. The molecule has 0 spiro atoms. The molecule has 0 saturated carbocycles. The minimum Gasteiger partial charge on any atom is -0.469 e. The van der Waals surface area contributed by atoms with Crippen molar-refractivity contribution in [2.75, 3.05) is 13.1 Å². The van der Waals surface area contributed by atoms with E-state index in [1.807, 2.05) is 0 Å². The number of nitrogens with one attached hydrogen (secondary N) is 1. The number of furan rings is 1. The predicted octanol–water partition coefficient (Wildman–Crippen LogP) is 3.66. The first-order valence-electron chi connectivity index (χ1n) is 7.73. The Morgan fingerprint density at radius 3 is 2.75 bits per heavy atom. The summed E-state index contributed by atoms with van der Waals surface area (Å²) < 4.78 is 43.4. The van der Waals surface area contributed by atoms with Crippen LogP contribution in [-0.2, 0) is 6.18 Å². The predicted molar refractivity (Wildman–Crippen MR) is 79.7 cm³/mol. The van der Waals surface area contributed by atoms with Gasteiger partial charge < -0.3 is 14.3 Å². The van der Waals surface area contributed by atoms with Gasteiger partial charge >= 0.3 is 6.18 Å². The molecule has 2 aromatic rings. The minimum atomic E-state index is -4.44. The van der Waals surface area contributed by atoms with Crippen molar-refractivity contribution in [3.63, 3.8) is 0 Å². The lowest BCUT2D eigenvalue weighted by atomic mass is 9.96. The van der Waals surface area contributed by atoms with E-state index < -0.39 is 11.9 Å². The van der Waals surface area contributed by atoms with Crippen LogP contribution in [0, 0.1) is 13.8 Å². The van der Waals surface area contributed by atoms with E-state index in [-0.39, 0.29) is 17.6 Å². The highest BCUT2D eigenvalue weighted by Crippen LogP contribution is 2.31. The van der Waals surface area contributed by atoms with Gasteiger partial charge in [-0.3, -0.25) is 4.79 Å². The first-order valence-corrected chi connectivity index (χ1v) is 7.73. The third kappa shape index (κ3) is 3.05. The van der Waals surface area contributed by atoms with Crippen LogP contribution in [0.4, 0.5) is 13.2 Å². The number of aromatic nitrogens is 2. The Labute approximate surface area is 136 Å². The van der Waals surface area contributed by atoms with Crippen LogP contribution in [-0.4, -0.2) is 33.9 Å². The molecule has 1 saturated heterocycles. The van der Waals surface area contributed by atoms with E-state index in [0.29, 0.717) is 37.3 Å². The normalized spacial score (nSPS) is 18.9. The number of alkyl halides is 3. The van der Waals surface area contributed by atoms with Crippen molar-refractivity contribution in [3.05, 3.63) is 40.9 Å². The number of likely N-dealkylation sites (tertiary alicyclic amines) is 1. The van der Waals surface area contributed by atoms with Crippen molar-refractivity contribution in [1.29, 1.82) is 0 Å². The van der Waals surface area contributed by atoms with Gasteiger partial charge in [-0.15, -0.1) is 0 Å². The fourth-order valence-corrected chi connectivity index (χ4v) is 3.12. The van der Waals surface area contributed by atoms with E-state index in [1.165, 1.54) is 6.26 Å². The Bertz CT molecular complexity index is 729. The largest absolute Gasteiger partial charge is 0.469 e. The van der Waals surface area contributed by atoms with E-state index >= 15 is 0 Å². The number of carbonyl (C=O) groups is 1. The number of amides is 1. The number of piperidine rings is 1. The molecule has 1 fully saturated rings. The molecule has 1 atom stereocenters. The Hall–Kier alpha value is -2.25. The van der Waals surface area contributed by atoms with Crippen LogP contribution >= 0.6 is 0 Å². The van der Waals surface area contributed by atoms with Crippen molar-refractivity contribution < 1.29 is 22.4 Å². The highest BCUT2D eigenvalue weighted by atomic mass is 19.4. The number of aryl methyl sites for hydroxylation is 2. The second-order valence-corrected chi connectivity index (χ2v) is 6.12. The number of hydrogen-bond donors (Lipinski definition) is 1. The van der Waals surface area contributed by atoms with Crippen LogP contribution in [0.3, 0.4) is 0 Å². The molecular weight excluding hydrogens is 323 g/mol. The first kappa shape index (κ1) is 16.6. The van der Waals surface area contributed by atoms with Crippen molar-refractivity contribution in [2.24, 2.45) is 0 Å². The van der Waals surface area contributed by atoms with Crippen molar-refractivity contribution in [3.8, 4) is 0 Å². The Balaban J connectivity index is 1.77. The number of aromatic amines is 1. The lowest BCUT2D eigenvalue weighted by Crippen LogP contribution is -2.39. The molecule has 8 heteroatoms. The quantitative estimate of drug-likeness (QED) is 0.907. The lowest BCUT2D eigenvalue weighted by molar-refractivity contribution is -0.141. The molecular formula is C16H18F3N3O2. The summed E-state index contributed by atoms with van der Waals surface area (Å²) in [5, 5.41) is 0. The average Bonchev–Trinajstić information content (AvgIpc) is 3.14. The number of H-pyrrole nitrogens is 1. The van der Waals surface area contributed by atoms with Gasteiger partial charge in [0.15, 0.2) is 0 Å². The molecule has 24 heavy (non-hydrogen) atoms. The summed E-state index contributed by atoms with van der Waals surface area (Å²) >= 11 is 0. The molecule has 2 aromatic heterocycles. The number of rotatable bonds is 2. The van der Waals surface area contributed by atoms with E-state index in [9.17, 15) is 18.0 Å². The first-order chi connectivity index (χ1) is 11.3. The lowest BCUT2D eigenvalue weighted by Gasteiger charge is -2.32. The van der Waals surface area contributed by atoms with E-state index in [2.05, 4.69) is 9.97 Å². The van der Waals surface area contributed by atoms with Crippen LogP contribution in [0.15, 0.2) is 16.9 Å². The molecule has 0 bridgehead atoms. The maximum atomic E-state index is 12.7. The van der Waals surface area contributed by atoms with Crippen LogP contribution in [0.5, 0.6) is 0 Å². The van der Waals surface area contributed by atoms with E-state index in [1.54, 1.807) is 18.7 Å². The second kappa shape index (κ2) is 5.99. The Morgan fingerprint density at radius 2 is 2.17 bits per heavy atom. The molecule has 3 heterocycles. The molecule has 1 aliphatic rings. The van der Waals surface area contributed by atoms with Gasteiger partial charge in [-0.05, 0) is 26.7 Å². The van der Waals surface area contributed by atoms with Crippen LogP contribution in [0.2, 0.25) is 0 Å². The number of carbonyl (C=O) groups excluding carboxylic acids is 1. The fourth-order valence-electron chi connectivity index (χ4n) is 3.12. The Morgan fingerprint density at radius 1 is 1.42 bits per heavy atom. The monoisotopic (exact) mass is 341 g/mol. The summed E-state index contributed by atoms with van der Waals surface area (Å²) in [5.41, 5.74) is 0.436. The van der Waals surface area contributed by atoms with Crippen molar-refractivity contribution in [2.45, 2.75) is 38.8 Å². The standard InChI is InChI=1S/C16H18F3N3O2/c1-9-8-24-10(2)13(9)15(23)22-5-3-4-11(7-22)14-20-6-12(21-14)16(17,18)19/h6,8,11H,3-5,7H2,1-2H3,(H,20,21)/t11-/m0/s1. The van der Waals surface area contributed by atoms with Crippen molar-refractivity contribution >= 4 is 5.91 Å². The van der Waals surface area contributed by atoms with E-state index in [0.717, 1.165) is 11.8 Å². The number of nitrogens with zero attached hydrogens (tertiary/aromatic N) is 2. The van der Waals surface area contributed by atoms with Gasteiger partial charge in [0.25, 0.3) is 5.91 Å². The van der Waals surface area contributed by atoms with Gasteiger partial charge in [-0.2, -0.15) is 13.2 Å². The average molecular weight is 341 g/mol. The van der Waals surface area contributed by atoms with E-state index in [4.69, 9.17) is 4.42 Å². The fraction of sp³-hybridized carbons (Fsp3) is 0.500. The smallest absolute Gasteiger partial charge is 0.432 e. The number of halogens is 3. The molecule has 1 amide bonds. The third-order valence-corrected chi connectivity index (χ3v) is 4.37. The zero-order chi connectivity index (χ0) is 17.5. The molecule has 130 valence electrons. The van der Waals surface area contributed by atoms with Crippen LogP contribution in [0.25, 0.3) is 0 Å². The highest BCUT2D eigenvalue weighted by Gasteiger charge is 2.35. The third-order valence-electron chi connectivity index (χ3n) is 4.37. The van der Waals surface area contributed by atoms with Crippen LogP contribution < -0.4 is 0 Å². The molecule has 3 rings (SSSR count). The van der Waals surface area contributed by atoms with Gasteiger partial charge in [0.1, 0.15) is 17.3 Å². The molecule has 0 aliphatic carbocycles. The summed E-state index contributed by atoms with van der Waals surface area (Å²) in [4.78, 5) is 20.6. The maximum Gasteiger partial charge on any atom is 0.432 e. The maximum absolute atomic E-state index is 12.7. The molecule has 0 aromatic carbocycles. The Kier molecular flexibility index (Phi) is 4.15. The second-order valence-electron chi connectivity index (χ2n) is 6.12. The summed E-state index contributed by atoms with van der Waals surface area (Å²) in [7, 11) is 0. The van der Waals surface area contributed by atoms with Gasteiger partial charge in [-0.1, -0.05) is 0 Å². The molecule has 5 nitrogen and oxygen atoms in total. The number of imidazole rings is 1. The molecule has 0 unspecified atom stereocenters. The zero-order valence-corrected chi connectivity index (χ0v) is 13.4. The highest BCUT2D eigenvalue weighted by molar-refractivity contribution is 5.96. The SMILES string of the molecule is Cc1coc(C)c1C(=O)N1CCC[C@H](c2ncc(C(F)(F)F)[nH]2)C1. The summed E-state index contributed by atoms with van der Waals surface area (Å²) in [6.45, 7) is 4.44.